The molecule has 0 saturated carbocycles. The molecular weight excluding hydrogens is 400 g/mol. The molecule has 0 spiro atoms. The molecule has 2 aromatic carbocycles. The van der Waals surface area contributed by atoms with Crippen LogP contribution in [0.3, 0.4) is 0 Å². The molecule has 1 heterocycles. The van der Waals surface area contributed by atoms with Gasteiger partial charge in [0.05, 0.1) is 0 Å². The Balaban J connectivity index is 1.45. The second kappa shape index (κ2) is 10.6. The van der Waals surface area contributed by atoms with Crippen LogP contribution in [0.15, 0.2) is 48.5 Å². The molecule has 0 radical (unpaired) electrons. The van der Waals surface area contributed by atoms with E-state index in [-0.39, 0.29) is 17.9 Å². The lowest BCUT2D eigenvalue weighted by molar-refractivity contribution is -1.01. The molecule has 1 atom stereocenters. The normalized spacial score (nSPS) is 19.7. The quantitative estimate of drug-likeness (QED) is 0.521. The van der Waals surface area contributed by atoms with Crippen molar-refractivity contribution in [1.82, 2.24) is 0 Å². The first-order chi connectivity index (χ1) is 14.5. The molecule has 2 amide bonds. The number of hydrogen-bond acceptors (Lipinski definition) is 2. The zero-order valence-electron chi connectivity index (χ0n) is 17.6. The molecule has 1 fully saturated rings. The molecule has 0 unspecified atom stereocenters. The summed E-state index contributed by atoms with van der Waals surface area (Å²) in [6, 6.07) is 15.0. The van der Waals surface area contributed by atoms with Gasteiger partial charge in [0.2, 0.25) is 0 Å². The number of aryl methyl sites for hydroxylation is 1. The number of benzene rings is 2. The lowest BCUT2D eigenvalue weighted by Crippen LogP contribution is -3.30. The van der Waals surface area contributed by atoms with Gasteiger partial charge in [0.15, 0.2) is 12.6 Å². The number of para-hydroxylation sites is 1. The van der Waals surface area contributed by atoms with Crippen molar-refractivity contribution in [2.24, 2.45) is 0 Å². The molecule has 1 saturated heterocycles. The molecule has 160 valence electrons. The Morgan fingerprint density at radius 2 is 1.77 bits per heavy atom. The average Bonchev–Trinajstić information content (AvgIpc) is 2.74. The fourth-order valence-corrected chi connectivity index (χ4v) is 4.10. The highest BCUT2D eigenvalue weighted by molar-refractivity contribution is 6.30. The van der Waals surface area contributed by atoms with E-state index >= 15 is 0 Å². The molecule has 0 aromatic heterocycles. The summed E-state index contributed by atoms with van der Waals surface area (Å²) in [5.41, 5.74) is 2.77. The van der Waals surface area contributed by atoms with Crippen LogP contribution in [0.25, 0.3) is 0 Å². The molecule has 6 nitrogen and oxygen atoms in total. The van der Waals surface area contributed by atoms with Crippen molar-refractivity contribution < 1.29 is 19.4 Å². The summed E-state index contributed by atoms with van der Waals surface area (Å²) in [7, 11) is 0. The third-order valence-electron chi connectivity index (χ3n) is 5.78. The average molecular weight is 431 g/mol. The van der Waals surface area contributed by atoms with Gasteiger partial charge in [-0.3, -0.25) is 9.59 Å². The molecule has 4 N–H and O–H groups in total. The third kappa shape index (κ3) is 6.05. The van der Waals surface area contributed by atoms with Crippen molar-refractivity contribution in [3.05, 3.63) is 59.1 Å². The van der Waals surface area contributed by atoms with Crippen LogP contribution >= 0.6 is 11.6 Å². The molecule has 3 rings (SSSR count). The molecule has 1 aliphatic heterocycles. The van der Waals surface area contributed by atoms with Crippen molar-refractivity contribution in [3.63, 3.8) is 0 Å². The fourth-order valence-electron chi connectivity index (χ4n) is 3.91. The molecule has 30 heavy (non-hydrogen) atoms. The largest absolute Gasteiger partial charge is 0.321 e. The van der Waals surface area contributed by atoms with Gasteiger partial charge in [-0.2, -0.15) is 0 Å². The molecule has 1 aliphatic rings. The Bertz CT molecular complexity index is 881. The number of halogens is 1. The summed E-state index contributed by atoms with van der Waals surface area (Å²) in [4.78, 5) is 27.6. The van der Waals surface area contributed by atoms with Crippen molar-refractivity contribution in [3.8, 4) is 0 Å². The van der Waals surface area contributed by atoms with Crippen LogP contribution < -0.4 is 20.4 Å². The Labute approximate surface area is 183 Å². The van der Waals surface area contributed by atoms with Crippen LogP contribution in [0.2, 0.25) is 5.02 Å². The number of carbonyl (C=O) groups excluding carboxylic acids is 2. The van der Waals surface area contributed by atoms with Gasteiger partial charge in [0.25, 0.3) is 11.8 Å². The van der Waals surface area contributed by atoms with Gasteiger partial charge in [-0.15, -0.1) is 0 Å². The van der Waals surface area contributed by atoms with Crippen LogP contribution in [0.5, 0.6) is 0 Å². The summed E-state index contributed by atoms with van der Waals surface area (Å²) in [5, 5.41) is 6.60. The SMILES string of the molecule is CCc1ccccc1NC(=O)C[NH+]1CC[NH+]([C@H](C)C(=O)Nc2cccc(Cl)c2)CC1. The second-order valence-corrected chi connectivity index (χ2v) is 8.30. The molecule has 0 aliphatic carbocycles. The minimum absolute atomic E-state index is 0.00960. The lowest BCUT2D eigenvalue weighted by Gasteiger charge is -2.32. The van der Waals surface area contributed by atoms with E-state index in [4.69, 9.17) is 11.6 Å². The zero-order chi connectivity index (χ0) is 21.5. The number of piperazine rings is 1. The standard InChI is InChI=1S/C23H29ClN4O2/c1-3-18-7-4-5-10-21(18)26-22(29)16-27-11-13-28(14-12-27)17(2)23(30)25-20-9-6-8-19(24)15-20/h4-10,15,17H,3,11-14,16H2,1-2H3,(H,25,30)(H,26,29)/p+2/t17-/m1/s1. The van der Waals surface area contributed by atoms with E-state index in [2.05, 4.69) is 17.6 Å². The predicted molar refractivity (Wildman–Crippen MR) is 120 cm³/mol. The number of amides is 2. The maximum Gasteiger partial charge on any atom is 0.282 e. The summed E-state index contributed by atoms with van der Waals surface area (Å²) >= 11 is 5.99. The van der Waals surface area contributed by atoms with Crippen molar-refractivity contribution in [1.29, 1.82) is 0 Å². The maximum atomic E-state index is 12.6. The predicted octanol–water partition coefficient (Wildman–Crippen LogP) is 0.652. The summed E-state index contributed by atoms with van der Waals surface area (Å²) in [6.07, 6.45) is 0.889. The van der Waals surface area contributed by atoms with E-state index in [0.29, 0.717) is 17.3 Å². The van der Waals surface area contributed by atoms with Gasteiger partial charge >= 0.3 is 0 Å². The number of anilines is 2. The number of hydrogen-bond donors (Lipinski definition) is 4. The van der Waals surface area contributed by atoms with E-state index in [0.717, 1.165) is 43.9 Å². The van der Waals surface area contributed by atoms with Crippen LogP contribution in [-0.4, -0.2) is 50.6 Å². The van der Waals surface area contributed by atoms with Gasteiger partial charge in [-0.1, -0.05) is 42.8 Å². The Morgan fingerprint density at radius 3 is 2.47 bits per heavy atom. The highest BCUT2D eigenvalue weighted by Gasteiger charge is 2.31. The first kappa shape index (κ1) is 22.3. The van der Waals surface area contributed by atoms with E-state index in [9.17, 15) is 9.59 Å². The Morgan fingerprint density at radius 1 is 1.03 bits per heavy atom. The minimum atomic E-state index is -0.157. The third-order valence-corrected chi connectivity index (χ3v) is 6.02. The van der Waals surface area contributed by atoms with Gasteiger partial charge < -0.3 is 20.4 Å². The highest BCUT2D eigenvalue weighted by Crippen LogP contribution is 2.15. The van der Waals surface area contributed by atoms with E-state index < -0.39 is 0 Å². The van der Waals surface area contributed by atoms with Crippen LogP contribution in [0, 0.1) is 0 Å². The highest BCUT2D eigenvalue weighted by atomic mass is 35.5. The summed E-state index contributed by atoms with van der Waals surface area (Å²) in [6.45, 7) is 7.95. The van der Waals surface area contributed by atoms with Gasteiger partial charge in [-0.05, 0) is 43.2 Å². The van der Waals surface area contributed by atoms with Crippen LogP contribution in [-0.2, 0) is 16.0 Å². The molecule has 7 heteroatoms. The molecular formula is C23H31ClN4O2+2. The van der Waals surface area contributed by atoms with Gasteiger partial charge in [0, 0.05) is 16.4 Å². The summed E-state index contributed by atoms with van der Waals surface area (Å²) in [5.74, 6) is 0.0331. The van der Waals surface area contributed by atoms with E-state index in [1.54, 1.807) is 12.1 Å². The van der Waals surface area contributed by atoms with E-state index in [1.807, 2.05) is 43.3 Å². The molecule has 0 bridgehead atoms. The number of carbonyl (C=O) groups is 2. The minimum Gasteiger partial charge on any atom is -0.321 e. The number of quaternary nitrogens is 2. The smallest absolute Gasteiger partial charge is 0.282 e. The van der Waals surface area contributed by atoms with E-state index in [1.165, 1.54) is 9.80 Å². The Hall–Kier alpha value is -2.41. The first-order valence-electron chi connectivity index (χ1n) is 10.6. The summed E-state index contributed by atoms with van der Waals surface area (Å²) < 4.78 is 0. The molecule has 2 aromatic rings. The van der Waals surface area contributed by atoms with Crippen molar-refractivity contribution in [2.75, 3.05) is 43.4 Å². The number of nitrogens with one attached hydrogen (secondary N) is 4. The maximum absolute atomic E-state index is 12.6. The van der Waals surface area contributed by atoms with Gasteiger partial charge in [0.1, 0.15) is 26.2 Å². The monoisotopic (exact) mass is 430 g/mol. The van der Waals surface area contributed by atoms with Crippen LogP contribution in [0.1, 0.15) is 19.4 Å². The zero-order valence-corrected chi connectivity index (χ0v) is 18.4. The van der Waals surface area contributed by atoms with Crippen molar-refractivity contribution in [2.45, 2.75) is 26.3 Å². The van der Waals surface area contributed by atoms with Crippen LogP contribution in [0.4, 0.5) is 11.4 Å². The lowest BCUT2D eigenvalue weighted by atomic mass is 10.1. The van der Waals surface area contributed by atoms with Crippen molar-refractivity contribution >= 4 is 34.8 Å². The first-order valence-corrected chi connectivity index (χ1v) is 11.0. The Kier molecular flexibility index (Phi) is 7.85. The topological polar surface area (TPSA) is 67.1 Å². The van der Waals surface area contributed by atoms with Gasteiger partial charge in [-0.25, -0.2) is 0 Å². The second-order valence-electron chi connectivity index (χ2n) is 7.87. The fraction of sp³-hybridized carbons (Fsp3) is 0.391. The number of rotatable bonds is 7.